The molecular weight excluding hydrogens is 178 g/mol. The minimum Gasteiger partial charge on any atom is -0.372 e. The normalized spacial score (nSPS) is 26.9. The summed E-state index contributed by atoms with van der Waals surface area (Å²) in [4.78, 5) is 13.5. The second-order valence-electron chi connectivity index (χ2n) is 4.31. The summed E-state index contributed by atoms with van der Waals surface area (Å²) >= 11 is 0. The third kappa shape index (κ3) is 2.98. The van der Waals surface area contributed by atoms with E-state index in [1.165, 1.54) is 0 Å². The molecule has 0 radical (unpaired) electrons. The summed E-state index contributed by atoms with van der Waals surface area (Å²) in [5.74, 6) is 1.41. The largest absolute Gasteiger partial charge is 0.372 e. The molecule has 0 bridgehead atoms. The minimum atomic E-state index is 0.148. The van der Waals surface area contributed by atoms with Crippen LogP contribution in [-0.2, 0) is 9.53 Å². The molecule has 0 aromatic heterocycles. The molecule has 2 atom stereocenters. The predicted octanol–water partition coefficient (Wildman–Crippen LogP) is 1.53. The summed E-state index contributed by atoms with van der Waals surface area (Å²) in [6, 6.07) is 0. The predicted molar refractivity (Wildman–Crippen MR) is 56.0 cm³/mol. The Morgan fingerprint density at radius 3 is 2.43 bits per heavy atom. The van der Waals surface area contributed by atoms with Crippen LogP contribution in [0.5, 0.6) is 0 Å². The van der Waals surface area contributed by atoms with E-state index in [0.717, 1.165) is 19.5 Å². The van der Waals surface area contributed by atoms with Gasteiger partial charge in [0.2, 0.25) is 5.91 Å². The highest BCUT2D eigenvalue weighted by atomic mass is 16.5. The van der Waals surface area contributed by atoms with Crippen LogP contribution in [0.4, 0.5) is 0 Å². The van der Waals surface area contributed by atoms with Crippen molar-refractivity contribution in [3.8, 4) is 0 Å². The second kappa shape index (κ2) is 5.35. The maximum absolute atomic E-state index is 11.6. The van der Waals surface area contributed by atoms with Gasteiger partial charge in [0.1, 0.15) is 6.61 Å². The molecular formula is C11H21NO2. The van der Waals surface area contributed by atoms with Crippen molar-refractivity contribution in [2.24, 2.45) is 11.8 Å². The van der Waals surface area contributed by atoms with Crippen LogP contribution in [0.3, 0.4) is 0 Å². The smallest absolute Gasteiger partial charge is 0.248 e. The van der Waals surface area contributed by atoms with E-state index < -0.39 is 0 Å². The third-order valence-corrected chi connectivity index (χ3v) is 2.91. The number of carbonyl (C=O) groups excluding carboxylic acids is 1. The fourth-order valence-electron chi connectivity index (χ4n) is 1.73. The van der Waals surface area contributed by atoms with Crippen LogP contribution in [0.15, 0.2) is 0 Å². The molecule has 0 aliphatic carbocycles. The van der Waals surface area contributed by atoms with Crippen molar-refractivity contribution in [2.45, 2.75) is 27.2 Å². The van der Waals surface area contributed by atoms with E-state index in [4.69, 9.17) is 4.74 Å². The molecule has 0 aromatic rings. The van der Waals surface area contributed by atoms with Gasteiger partial charge in [0.25, 0.3) is 0 Å². The Hall–Kier alpha value is -0.570. The Kier molecular flexibility index (Phi) is 4.39. The van der Waals surface area contributed by atoms with Gasteiger partial charge in [-0.1, -0.05) is 20.8 Å². The van der Waals surface area contributed by atoms with Crippen LogP contribution >= 0.6 is 0 Å². The number of hydrogen-bond acceptors (Lipinski definition) is 2. The van der Waals surface area contributed by atoms with Crippen LogP contribution in [0, 0.1) is 11.8 Å². The second-order valence-corrected chi connectivity index (χ2v) is 4.31. The van der Waals surface area contributed by atoms with E-state index in [9.17, 15) is 4.79 Å². The van der Waals surface area contributed by atoms with Gasteiger partial charge < -0.3 is 9.64 Å². The number of carbonyl (C=O) groups is 1. The first-order valence-electron chi connectivity index (χ1n) is 5.50. The summed E-state index contributed by atoms with van der Waals surface area (Å²) in [5.41, 5.74) is 0. The van der Waals surface area contributed by atoms with Crippen molar-refractivity contribution in [2.75, 3.05) is 26.3 Å². The van der Waals surface area contributed by atoms with Crippen LogP contribution in [0.2, 0.25) is 0 Å². The van der Waals surface area contributed by atoms with Gasteiger partial charge in [0.15, 0.2) is 0 Å². The van der Waals surface area contributed by atoms with Crippen LogP contribution in [0.25, 0.3) is 0 Å². The van der Waals surface area contributed by atoms with Crippen molar-refractivity contribution in [1.82, 2.24) is 4.90 Å². The third-order valence-electron chi connectivity index (χ3n) is 2.91. The number of ether oxygens (including phenoxy) is 1. The number of nitrogens with zero attached hydrogens (tertiary/aromatic N) is 1. The Labute approximate surface area is 86.4 Å². The van der Waals surface area contributed by atoms with Crippen molar-refractivity contribution in [3.63, 3.8) is 0 Å². The first kappa shape index (κ1) is 11.5. The molecule has 0 saturated carbocycles. The molecule has 1 aliphatic heterocycles. The van der Waals surface area contributed by atoms with E-state index in [2.05, 4.69) is 13.8 Å². The Morgan fingerprint density at radius 2 is 1.93 bits per heavy atom. The number of rotatable bonds is 4. The summed E-state index contributed by atoms with van der Waals surface area (Å²) in [6.45, 7) is 9.18. The van der Waals surface area contributed by atoms with E-state index in [1.807, 2.05) is 11.8 Å². The number of likely N-dealkylation sites (tertiary alicyclic amines) is 1. The van der Waals surface area contributed by atoms with Gasteiger partial charge in [0, 0.05) is 19.7 Å². The summed E-state index contributed by atoms with van der Waals surface area (Å²) < 4.78 is 5.24. The lowest BCUT2D eigenvalue weighted by atomic mass is 10.0. The highest BCUT2D eigenvalue weighted by molar-refractivity contribution is 5.77. The lowest BCUT2D eigenvalue weighted by molar-refractivity contribution is -0.135. The number of amides is 1. The molecule has 0 aromatic carbocycles. The zero-order chi connectivity index (χ0) is 10.6. The quantitative estimate of drug-likeness (QED) is 0.643. The molecule has 0 spiro atoms. The average Bonchev–Trinajstić information content (AvgIpc) is 2.47. The van der Waals surface area contributed by atoms with Gasteiger partial charge in [-0.25, -0.2) is 0 Å². The molecule has 1 rings (SSSR count). The van der Waals surface area contributed by atoms with Crippen molar-refractivity contribution < 1.29 is 9.53 Å². The fourth-order valence-corrected chi connectivity index (χ4v) is 1.73. The molecule has 3 heteroatoms. The van der Waals surface area contributed by atoms with Crippen LogP contribution < -0.4 is 0 Å². The van der Waals surface area contributed by atoms with Crippen molar-refractivity contribution in [1.29, 1.82) is 0 Å². The molecule has 1 heterocycles. The molecule has 82 valence electrons. The van der Waals surface area contributed by atoms with Gasteiger partial charge in [-0.3, -0.25) is 4.79 Å². The first-order valence-corrected chi connectivity index (χ1v) is 5.50. The topological polar surface area (TPSA) is 29.5 Å². The van der Waals surface area contributed by atoms with Crippen LogP contribution in [-0.4, -0.2) is 37.1 Å². The molecule has 0 N–H and O–H groups in total. The average molecular weight is 199 g/mol. The summed E-state index contributed by atoms with van der Waals surface area (Å²) in [7, 11) is 0. The standard InChI is InChI=1S/C11H21NO2/c1-4-5-14-8-11(13)12-6-9(2)10(3)7-12/h9-10H,4-8H2,1-3H3. The van der Waals surface area contributed by atoms with Gasteiger partial charge in [-0.15, -0.1) is 0 Å². The van der Waals surface area contributed by atoms with Gasteiger partial charge in [0.05, 0.1) is 0 Å². The maximum atomic E-state index is 11.6. The molecule has 1 fully saturated rings. The Bertz CT molecular complexity index is 184. The van der Waals surface area contributed by atoms with E-state index in [0.29, 0.717) is 18.4 Å². The zero-order valence-electron chi connectivity index (χ0n) is 9.45. The summed E-state index contributed by atoms with van der Waals surface area (Å²) in [5, 5.41) is 0. The Balaban J connectivity index is 2.25. The first-order chi connectivity index (χ1) is 6.65. The minimum absolute atomic E-state index is 0.148. The highest BCUT2D eigenvalue weighted by Crippen LogP contribution is 2.21. The van der Waals surface area contributed by atoms with E-state index in [1.54, 1.807) is 0 Å². The van der Waals surface area contributed by atoms with Gasteiger partial charge in [-0.05, 0) is 18.3 Å². The van der Waals surface area contributed by atoms with Gasteiger partial charge in [-0.2, -0.15) is 0 Å². The number of hydrogen-bond donors (Lipinski definition) is 0. The van der Waals surface area contributed by atoms with Gasteiger partial charge >= 0.3 is 0 Å². The SMILES string of the molecule is CCCOCC(=O)N1CC(C)C(C)C1. The summed E-state index contributed by atoms with van der Waals surface area (Å²) in [6.07, 6.45) is 0.972. The van der Waals surface area contributed by atoms with Crippen LogP contribution in [0.1, 0.15) is 27.2 Å². The highest BCUT2D eigenvalue weighted by Gasteiger charge is 2.28. The maximum Gasteiger partial charge on any atom is 0.248 e. The van der Waals surface area contributed by atoms with Crippen molar-refractivity contribution in [3.05, 3.63) is 0 Å². The lowest BCUT2D eigenvalue weighted by Crippen LogP contribution is -2.32. The molecule has 3 nitrogen and oxygen atoms in total. The molecule has 1 aliphatic rings. The van der Waals surface area contributed by atoms with E-state index in [-0.39, 0.29) is 12.5 Å². The lowest BCUT2D eigenvalue weighted by Gasteiger charge is -2.15. The fraction of sp³-hybridized carbons (Fsp3) is 0.909. The molecule has 2 unspecified atom stereocenters. The monoisotopic (exact) mass is 199 g/mol. The van der Waals surface area contributed by atoms with E-state index >= 15 is 0 Å². The molecule has 14 heavy (non-hydrogen) atoms. The molecule has 1 saturated heterocycles. The zero-order valence-corrected chi connectivity index (χ0v) is 9.45. The van der Waals surface area contributed by atoms with Crippen molar-refractivity contribution >= 4 is 5.91 Å². The Morgan fingerprint density at radius 1 is 1.36 bits per heavy atom. The molecule has 1 amide bonds.